The number of methoxy groups -OCH3 is 1. The van der Waals surface area contributed by atoms with Gasteiger partial charge in [-0.05, 0) is 13.8 Å². The van der Waals surface area contributed by atoms with Crippen molar-refractivity contribution >= 4 is 0 Å². The first kappa shape index (κ1) is 15.1. The molecule has 0 aliphatic heterocycles. The molecule has 0 fully saturated rings. The van der Waals surface area contributed by atoms with Crippen molar-refractivity contribution in [2.75, 3.05) is 7.11 Å². The zero-order valence-electron chi connectivity index (χ0n) is 11.2. The molecule has 0 saturated carbocycles. The van der Waals surface area contributed by atoms with Gasteiger partial charge in [0.15, 0.2) is 34.8 Å². The third-order valence-electron chi connectivity index (χ3n) is 2.84. The van der Waals surface area contributed by atoms with Crippen LogP contribution in [0.15, 0.2) is 0 Å². The second kappa shape index (κ2) is 5.27. The molecule has 0 atom stereocenters. The van der Waals surface area contributed by atoms with Crippen molar-refractivity contribution in [3.63, 3.8) is 0 Å². The highest BCUT2D eigenvalue weighted by molar-refractivity contribution is 5.59. The van der Waals surface area contributed by atoms with Gasteiger partial charge in [0.05, 0.1) is 24.1 Å². The minimum Gasteiger partial charge on any atom is -0.493 e. The van der Waals surface area contributed by atoms with Gasteiger partial charge < -0.3 is 4.74 Å². The molecule has 0 bridgehead atoms. The molecule has 2 aromatic rings. The smallest absolute Gasteiger partial charge is 0.200 e. The van der Waals surface area contributed by atoms with E-state index in [2.05, 4.69) is 9.97 Å². The number of rotatable bonds is 2. The summed E-state index contributed by atoms with van der Waals surface area (Å²) in [7, 11) is 1.34. The number of hydrogen-bond acceptors (Lipinski definition) is 3. The van der Waals surface area contributed by atoms with E-state index < -0.39 is 40.5 Å². The second-order valence-electron chi connectivity index (χ2n) is 4.20. The summed E-state index contributed by atoms with van der Waals surface area (Å²) >= 11 is 0. The molecule has 3 nitrogen and oxygen atoms in total. The van der Waals surface area contributed by atoms with Gasteiger partial charge in [-0.15, -0.1) is 0 Å². The summed E-state index contributed by atoms with van der Waals surface area (Å²) in [6.07, 6.45) is 0. The van der Waals surface area contributed by atoms with E-state index in [1.807, 2.05) is 0 Å². The van der Waals surface area contributed by atoms with Gasteiger partial charge >= 0.3 is 0 Å². The fourth-order valence-corrected chi connectivity index (χ4v) is 1.91. The van der Waals surface area contributed by atoms with Crippen molar-refractivity contribution in [3.05, 3.63) is 40.5 Å². The fraction of sp³-hybridized carbons (Fsp3) is 0.231. The molecule has 0 amide bonds. The molecule has 21 heavy (non-hydrogen) atoms. The van der Waals surface area contributed by atoms with Crippen LogP contribution in [0.4, 0.5) is 22.0 Å². The molecule has 2 rings (SSSR count). The average molecular weight is 304 g/mol. The molecule has 0 aliphatic rings. The normalized spacial score (nSPS) is 10.9. The molecule has 112 valence electrons. The largest absolute Gasteiger partial charge is 0.493 e. The number of benzene rings is 1. The lowest BCUT2D eigenvalue weighted by Crippen LogP contribution is -2.08. The minimum atomic E-state index is -2.23. The molecular formula is C13H9F5N2O. The number of nitrogens with zero attached hydrogens (tertiary/aromatic N) is 2. The van der Waals surface area contributed by atoms with Gasteiger partial charge in [0.25, 0.3) is 0 Å². The zero-order valence-corrected chi connectivity index (χ0v) is 11.2. The number of aromatic nitrogens is 2. The van der Waals surface area contributed by atoms with Gasteiger partial charge in [0.1, 0.15) is 0 Å². The summed E-state index contributed by atoms with van der Waals surface area (Å²) < 4.78 is 71.8. The van der Waals surface area contributed by atoms with Crippen molar-refractivity contribution in [1.82, 2.24) is 9.97 Å². The van der Waals surface area contributed by atoms with Gasteiger partial charge in [-0.3, -0.25) is 0 Å². The van der Waals surface area contributed by atoms with E-state index in [1.165, 1.54) is 21.0 Å². The molecule has 1 heterocycles. The van der Waals surface area contributed by atoms with E-state index in [9.17, 15) is 22.0 Å². The molecule has 0 spiro atoms. The van der Waals surface area contributed by atoms with Gasteiger partial charge in [0.2, 0.25) is 5.82 Å². The van der Waals surface area contributed by atoms with Crippen LogP contribution in [-0.2, 0) is 0 Å². The monoisotopic (exact) mass is 304 g/mol. The fourth-order valence-electron chi connectivity index (χ4n) is 1.91. The Bertz CT molecular complexity index is 681. The molecule has 0 unspecified atom stereocenters. The predicted molar refractivity (Wildman–Crippen MR) is 63.3 cm³/mol. The summed E-state index contributed by atoms with van der Waals surface area (Å²) in [4.78, 5) is 7.47. The molecule has 1 aromatic carbocycles. The number of ether oxygens (including phenoxy) is 1. The van der Waals surface area contributed by atoms with Crippen LogP contribution in [0.25, 0.3) is 11.4 Å². The molecule has 8 heteroatoms. The van der Waals surface area contributed by atoms with Gasteiger partial charge in [-0.1, -0.05) is 0 Å². The topological polar surface area (TPSA) is 35.0 Å². The highest BCUT2D eigenvalue weighted by atomic mass is 19.2. The third kappa shape index (κ3) is 2.30. The maximum absolute atomic E-state index is 13.7. The van der Waals surface area contributed by atoms with Crippen LogP contribution in [0.3, 0.4) is 0 Å². The lowest BCUT2D eigenvalue weighted by atomic mass is 10.1. The first-order valence-corrected chi connectivity index (χ1v) is 5.70. The standard InChI is InChI=1S/C13H9F5N2O/c1-4-12(21-3)5(2)20-13(19-4)6-7(14)9(16)11(18)10(17)8(6)15/h1-3H3. The highest BCUT2D eigenvalue weighted by Crippen LogP contribution is 2.31. The number of hydrogen-bond donors (Lipinski definition) is 0. The Labute approximate surface area is 116 Å². The van der Waals surface area contributed by atoms with E-state index in [0.717, 1.165) is 0 Å². The summed E-state index contributed by atoms with van der Waals surface area (Å²) in [5, 5.41) is 0. The van der Waals surface area contributed by atoms with E-state index in [0.29, 0.717) is 0 Å². The molecule has 0 radical (unpaired) electrons. The van der Waals surface area contributed by atoms with Crippen LogP contribution in [0, 0.1) is 42.9 Å². The third-order valence-corrected chi connectivity index (χ3v) is 2.84. The van der Waals surface area contributed by atoms with E-state index in [1.54, 1.807) is 0 Å². The van der Waals surface area contributed by atoms with Crippen LogP contribution < -0.4 is 4.74 Å². The molecule has 1 aromatic heterocycles. The number of halogens is 5. The minimum absolute atomic E-state index is 0.212. The second-order valence-corrected chi connectivity index (χ2v) is 4.20. The molecule has 0 N–H and O–H groups in total. The Hall–Kier alpha value is -2.25. The van der Waals surface area contributed by atoms with Crippen LogP contribution in [-0.4, -0.2) is 17.1 Å². The Balaban J connectivity index is 2.80. The summed E-state index contributed by atoms with van der Waals surface area (Å²) in [6.45, 7) is 2.92. The van der Waals surface area contributed by atoms with Crippen molar-refractivity contribution < 1.29 is 26.7 Å². The van der Waals surface area contributed by atoms with E-state index in [-0.39, 0.29) is 17.1 Å². The summed E-state index contributed by atoms with van der Waals surface area (Å²) in [5.41, 5.74) is -0.742. The molecular weight excluding hydrogens is 295 g/mol. The van der Waals surface area contributed by atoms with E-state index in [4.69, 9.17) is 4.74 Å². The van der Waals surface area contributed by atoms with Gasteiger partial charge in [-0.25, -0.2) is 31.9 Å². The number of aryl methyl sites for hydroxylation is 2. The maximum atomic E-state index is 13.7. The quantitative estimate of drug-likeness (QED) is 0.484. The van der Waals surface area contributed by atoms with Crippen molar-refractivity contribution in [3.8, 4) is 17.1 Å². The average Bonchev–Trinajstić information content (AvgIpc) is 2.43. The predicted octanol–water partition coefficient (Wildman–Crippen LogP) is 3.46. The lowest BCUT2D eigenvalue weighted by Gasteiger charge is -2.11. The Morgan fingerprint density at radius 1 is 0.714 bits per heavy atom. The van der Waals surface area contributed by atoms with Crippen LogP contribution in [0.1, 0.15) is 11.4 Å². The van der Waals surface area contributed by atoms with E-state index >= 15 is 0 Å². The molecule has 0 aliphatic carbocycles. The van der Waals surface area contributed by atoms with Crippen molar-refractivity contribution in [2.45, 2.75) is 13.8 Å². The Morgan fingerprint density at radius 2 is 1.10 bits per heavy atom. The van der Waals surface area contributed by atoms with Gasteiger partial charge in [0, 0.05) is 0 Å². The van der Waals surface area contributed by atoms with Crippen LogP contribution >= 0.6 is 0 Å². The van der Waals surface area contributed by atoms with Crippen molar-refractivity contribution in [1.29, 1.82) is 0 Å². The summed E-state index contributed by atoms with van der Waals surface area (Å²) in [6, 6.07) is 0. The Morgan fingerprint density at radius 3 is 1.48 bits per heavy atom. The Kier molecular flexibility index (Phi) is 3.80. The molecule has 0 saturated heterocycles. The zero-order chi connectivity index (χ0) is 15.9. The van der Waals surface area contributed by atoms with Crippen LogP contribution in [0.2, 0.25) is 0 Å². The van der Waals surface area contributed by atoms with Crippen LogP contribution in [0.5, 0.6) is 5.75 Å². The first-order valence-electron chi connectivity index (χ1n) is 5.70. The highest BCUT2D eigenvalue weighted by Gasteiger charge is 2.28. The SMILES string of the molecule is COc1c(C)nc(-c2c(F)c(F)c(F)c(F)c2F)nc1C. The van der Waals surface area contributed by atoms with Gasteiger partial charge in [-0.2, -0.15) is 0 Å². The maximum Gasteiger partial charge on any atom is 0.200 e. The van der Waals surface area contributed by atoms with Crippen molar-refractivity contribution in [2.24, 2.45) is 0 Å². The lowest BCUT2D eigenvalue weighted by molar-refractivity contribution is 0.380. The first-order chi connectivity index (χ1) is 9.79. The summed E-state index contributed by atoms with van der Waals surface area (Å²) in [5.74, 6) is -10.6.